The molecule has 3 heterocycles. The van der Waals surface area contributed by atoms with Crippen LogP contribution in [-0.4, -0.2) is 18.8 Å². The van der Waals surface area contributed by atoms with Gasteiger partial charge in [-0.05, 0) is 106 Å². The highest BCUT2D eigenvalue weighted by atomic mass is 19.1. The van der Waals surface area contributed by atoms with Crippen LogP contribution in [0.15, 0.2) is 90.2 Å². The fraction of sp³-hybridized carbons (Fsp3) is 0.333. The molecule has 0 saturated heterocycles. The van der Waals surface area contributed by atoms with Gasteiger partial charge in [-0.1, -0.05) is 99.6 Å². The number of nitrogens with zero attached hydrogens (tertiary/aromatic N) is 5. The topological polar surface area (TPSA) is 40.0 Å². The molecule has 7 rings (SSSR count). The Hall–Kier alpha value is -5.04. The average Bonchev–Trinajstić information content (AvgIpc) is 3.58. The van der Waals surface area contributed by atoms with Crippen LogP contribution >= 0.6 is 0 Å². The van der Waals surface area contributed by atoms with Gasteiger partial charge in [0.05, 0.1) is 27.9 Å². The molecule has 268 valence electrons. The monoisotopic (exact) mass is 697 g/mol. The zero-order chi connectivity index (χ0) is 37.2. The van der Waals surface area contributed by atoms with Crippen molar-refractivity contribution in [2.24, 2.45) is 5.10 Å². The van der Waals surface area contributed by atoms with E-state index in [1.807, 2.05) is 16.9 Å². The third kappa shape index (κ3) is 5.84. The second-order valence-corrected chi connectivity index (χ2v) is 15.7. The quantitative estimate of drug-likeness (QED) is 0.156. The normalized spacial score (nSPS) is 12.8. The number of hydrogen-bond donors (Lipinski definition) is 0. The van der Waals surface area contributed by atoms with Gasteiger partial charge in [0.15, 0.2) is 5.65 Å². The van der Waals surface area contributed by atoms with Crippen LogP contribution in [0.5, 0.6) is 0 Å². The van der Waals surface area contributed by atoms with Gasteiger partial charge in [0.2, 0.25) is 5.62 Å². The van der Waals surface area contributed by atoms with Gasteiger partial charge in [0.1, 0.15) is 11.6 Å². The van der Waals surface area contributed by atoms with E-state index in [-0.39, 0.29) is 35.3 Å². The molecule has 7 aromatic rings. The average molecular weight is 698 g/mol. The van der Waals surface area contributed by atoms with Crippen molar-refractivity contribution in [2.45, 2.75) is 98.8 Å². The number of aromatic nitrogens is 4. The first-order valence-electron chi connectivity index (χ1n) is 18.6. The van der Waals surface area contributed by atoms with Crippen LogP contribution in [0.1, 0.15) is 127 Å². The summed E-state index contributed by atoms with van der Waals surface area (Å²) in [5, 5.41) is 6.82. The zero-order valence-corrected chi connectivity index (χ0v) is 32.0. The molecule has 0 atom stereocenters. The second kappa shape index (κ2) is 13.5. The molecule has 52 heavy (non-hydrogen) atoms. The standard InChI is InChI=1S/C45H49F2N5/c1-25(2)30-21-35(28(7)8)43(36(22-30)29(9)10)50-41-15-12-20-48-44(41)51(42-33(26(3)4)13-11-14-34(42)27(5)6)45(50)49-52-39-18-16-31(46)23-37(39)38-24-32(47)17-19-40(38)52/h11-29H,1-10H3. The van der Waals surface area contributed by atoms with Gasteiger partial charge in [0, 0.05) is 17.0 Å². The number of fused-ring (bicyclic) bond motifs is 4. The Bertz CT molecular complexity index is 2430. The van der Waals surface area contributed by atoms with Crippen LogP contribution < -0.4 is 5.62 Å². The Kier molecular flexibility index (Phi) is 9.18. The summed E-state index contributed by atoms with van der Waals surface area (Å²) in [7, 11) is 0. The lowest BCUT2D eigenvalue weighted by Gasteiger charge is -2.24. The molecule has 0 aliphatic carbocycles. The largest absolute Gasteiger partial charge is 0.275 e. The van der Waals surface area contributed by atoms with E-state index >= 15 is 0 Å². The Morgan fingerprint density at radius 2 is 1.02 bits per heavy atom. The summed E-state index contributed by atoms with van der Waals surface area (Å²) in [6.45, 7) is 22.4. The number of hydrogen-bond acceptors (Lipinski definition) is 2. The highest BCUT2D eigenvalue weighted by Gasteiger charge is 2.27. The van der Waals surface area contributed by atoms with E-state index in [9.17, 15) is 8.78 Å². The van der Waals surface area contributed by atoms with Gasteiger partial charge in [-0.15, -0.1) is 5.10 Å². The molecule has 3 aromatic heterocycles. The van der Waals surface area contributed by atoms with Crippen molar-refractivity contribution in [2.75, 3.05) is 0 Å². The lowest BCUT2D eigenvalue weighted by atomic mass is 9.87. The second-order valence-electron chi connectivity index (χ2n) is 15.7. The van der Waals surface area contributed by atoms with Gasteiger partial charge in [-0.25, -0.2) is 18.4 Å². The van der Waals surface area contributed by atoms with Gasteiger partial charge < -0.3 is 0 Å². The zero-order valence-electron chi connectivity index (χ0n) is 32.0. The fourth-order valence-electron chi connectivity index (χ4n) is 7.64. The lowest BCUT2D eigenvalue weighted by Crippen LogP contribution is -2.29. The maximum atomic E-state index is 14.8. The Morgan fingerprint density at radius 3 is 1.50 bits per heavy atom. The predicted molar refractivity (Wildman–Crippen MR) is 211 cm³/mol. The molecule has 0 N–H and O–H groups in total. The minimum Gasteiger partial charge on any atom is -0.275 e. The molecule has 0 fully saturated rings. The van der Waals surface area contributed by atoms with E-state index in [0.29, 0.717) is 33.3 Å². The third-order valence-electron chi connectivity index (χ3n) is 10.4. The molecular weight excluding hydrogens is 649 g/mol. The number of rotatable bonds is 8. The number of pyridine rings is 1. The smallest absolute Gasteiger partial charge is 0.239 e. The van der Waals surface area contributed by atoms with Crippen LogP contribution in [-0.2, 0) is 0 Å². The van der Waals surface area contributed by atoms with Crippen LogP contribution in [0.2, 0.25) is 0 Å². The highest BCUT2D eigenvalue weighted by molar-refractivity contribution is 6.08. The summed E-state index contributed by atoms with van der Waals surface area (Å²) >= 11 is 0. The van der Waals surface area contributed by atoms with Crippen LogP contribution in [0.25, 0.3) is 44.3 Å². The van der Waals surface area contributed by atoms with E-state index in [1.54, 1.807) is 12.1 Å². The minimum absolute atomic E-state index is 0.204. The Morgan fingerprint density at radius 1 is 0.519 bits per heavy atom. The first-order chi connectivity index (χ1) is 24.8. The molecular formula is C45H49F2N5. The molecule has 0 saturated carbocycles. The summed E-state index contributed by atoms with van der Waals surface area (Å²) in [5.41, 5.74) is 12.0. The first kappa shape index (κ1) is 35.4. The van der Waals surface area contributed by atoms with Crippen LogP contribution in [0.3, 0.4) is 0 Å². The van der Waals surface area contributed by atoms with Crippen molar-refractivity contribution in [1.82, 2.24) is 18.8 Å². The molecule has 4 aromatic carbocycles. The molecule has 0 aliphatic heterocycles. The number of para-hydroxylation sites is 1. The molecule has 0 spiro atoms. The van der Waals surface area contributed by atoms with Gasteiger partial charge in [0.25, 0.3) is 0 Å². The molecule has 0 unspecified atom stereocenters. The maximum Gasteiger partial charge on any atom is 0.239 e. The van der Waals surface area contributed by atoms with E-state index < -0.39 is 0 Å². The molecule has 0 aliphatic rings. The summed E-state index contributed by atoms with van der Waals surface area (Å²) < 4.78 is 36.0. The summed E-state index contributed by atoms with van der Waals surface area (Å²) in [5.74, 6) is 0.405. The van der Waals surface area contributed by atoms with E-state index in [2.05, 4.69) is 115 Å². The van der Waals surface area contributed by atoms with Crippen molar-refractivity contribution >= 4 is 33.0 Å². The maximum absolute atomic E-state index is 14.8. The number of benzene rings is 4. The van der Waals surface area contributed by atoms with Crippen molar-refractivity contribution in [1.29, 1.82) is 0 Å². The number of halogens is 2. The number of imidazole rings is 1. The summed E-state index contributed by atoms with van der Waals surface area (Å²) in [6, 6.07) is 24.7. The molecule has 5 nitrogen and oxygen atoms in total. The minimum atomic E-state index is -0.384. The van der Waals surface area contributed by atoms with Crippen molar-refractivity contribution in [3.8, 4) is 11.4 Å². The molecule has 0 radical (unpaired) electrons. The molecule has 7 heteroatoms. The third-order valence-corrected chi connectivity index (χ3v) is 10.4. The Labute approximate surface area is 305 Å². The van der Waals surface area contributed by atoms with Gasteiger partial charge in [-0.2, -0.15) is 0 Å². The lowest BCUT2D eigenvalue weighted by molar-refractivity contribution is 0.628. The fourth-order valence-corrected chi connectivity index (χ4v) is 7.64. The van der Waals surface area contributed by atoms with E-state index in [1.165, 1.54) is 52.1 Å². The Balaban J connectivity index is 1.80. The summed E-state index contributed by atoms with van der Waals surface area (Å²) in [6.07, 6.45) is 1.85. The van der Waals surface area contributed by atoms with Crippen molar-refractivity contribution in [3.63, 3.8) is 0 Å². The summed E-state index contributed by atoms with van der Waals surface area (Å²) in [4.78, 5) is 5.11. The van der Waals surface area contributed by atoms with Gasteiger partial charge in [-0.3, -0.25) is 9.13 Å². The first-order valence-corrected chi connectivity index (χ1v) is 18.6. The van der Waals surface area contributed by atoms with Crippen molar-refractivity contribution in [3.05, 3.63) is 130 Å². The van der Waals surface area contributed by atoms with E-state index in [4.69, 9.17) is 10.1 Å². The van der Waals surface area contributed by atoms with Crippen molar-refractivity contribution < 1.29 is 8.78 Å². The van der Waals surface area contributed by atoms with Crippen LogP contribution in [0.4, 0.5) is 8.78 Å². The molecule has 0 amide bonds. The van der Waals surface area contributed by atoms with Crippen LogP contribution in [0, 0.1) is 11.6 Å². The predicted octanol–water partition coefficient (Wildman–Crippen LogP) is 12.2. The highest BCUT2D eigenvalue weighted by Crippen LogP contribution is 2.38. The SMILES string of the molecule is CC(C)c1cc(C(C)C)c(-n2c(=Nn3c4ccc(F)cc4c4cc(F)ccc43)n(-c3c(C(C)C)cccc3C(C)C)c3ncccc32)c(C(C)C)c1. The molecule has 0 bridgehead atoms. The van der Waals surface area contributed by atoms with Gasteiger partial charge >= 0.3 is 0 Å². The van der Waals surface area contributed by atoms with E-state index in [0.717, 1.165) is 22.5 Å².